The van der Waals surface area contributed by atoms with E-state index >= 15 is 0 Å². The van der Waals surface area contributed by atoms with Gasteiger partial charge in [0, 0.05) is 23.3 Å². The van der Waals surface area contributed by atoms with Gasteiger partial charge in [-0.1, -0.05) is 0 Å². The van der Waals surface area contributed by atoms with Crippen molar-refractivity contribution >= 4 is 31.9 Å². The number of benzene rings is 1. The molecule has 1 N–H and O–H groups in total. The van der Waals surface area contributed by atoms with E-state index in [0.29, 0.717) is 12.3 Å². The molecule has 1 fully saturated rings. The molecule has 1 aromatic carbocycles. The fourth-order valence-electron chi connectivity index (χ4n) is 2.59. The van der Waals surface area contributed by atoms with Gasteiger partial charge in [-0.3, -0.25) is 0 Å². The highest BCUT2D eigenvalue weighted by Gasteiger charge is 2.34. The van der Waals surface area contributed by atoms with Gasteiger partial charge in [0.1, 0.15) is 11.9 Å². The van der Waals surface area contributed by atoms with E-state index in [-0.39, 0.29) is 24.1 Å². The number of halogens is 2. The normalized spacial score (nSPS) is 18.0. The van der Waals surface area contributed by atoms with Crippen LogP contribution < -0.4 is 4.74 Å². The van der Waals surface area contributed by atoms with Crippen LogP contribution in [0.5, 0.6) is 5.88 Å². The van der Waals surface area contributed by atoms with Crippen LogP contribution in [0.25, 0.3) is 0 Å². The maximum absolute atomic E-state index is 13.5. The minimum Gasteiger partial charge on any atom is -0.478 e. The zero-order valence-corrected chi connectivity index (χ0v) is 15.7. The fourth-order valence-corrected chi connectivity index (χ4v) is 4.34. The molecule has 7 nitrogen and oxygen atoms in total. The molecule has 1 aromatic heterocycles. The number of carboxylic acid groups (broad SMARTS) is 1. The third kappa shape index (κ3) is 3.87. The Morgan fingerprint density at radius 1 is 1.35 bits per heavy atom. The van der Waals surface area contributed by atoms with Crippen LogP contribution in [0.1, 0.15) is 16.8 Å². The molecule has 0 bridgehead atoms. The molecule has 0 aliphatic carbocycles. The van der Waals surface area contributed by atoms with E-state index in [4.69, 9.17) is 9.84 Å². The van der Waals surface area contributed by atoms with Crippen molar-refractivity contribution in [2.45, 2.75) is 17.4 Å². The van der Waals surface area contributed by atoms with Crippen LogP contribution in [0.4, 0.5) is 4.39 Å². The smallest absolute Gasteiger partial charge is 0.338 e. The molecule has 1 unspecified atom stereocenters. The first-order chi connectivity index (χ1) is 12.3. The van der Waals surface area contributed by atoms with Gasteiger partial charge in [-0.15, -0.1) is 0 Å². The fraction of sp³-hybridized carbons (Fsp3) is 0.250. The lowest BCUT2D eigenvalue weighted by atomic mass is 10.2. The number of pyridine rings is 1. The molecule has 0 radical (unpaired) electrons. The number of hydrogen-bond donors (Lipinski definition) is 1. The Hall–Kier alpha value is -2.04. The van der Waals surface area contributed by atoms with Gasteiger partial charge in [-0.05, 0) is 46.6 Å². The van der Waals surface area contributed by atoms with Gasteiger partial charge in [0.2, 0.25) is 15.9 Å². The molecule has 1 aliphatic rings. The summed E-state index contributed by atoms with van der Waals surface area (Å²) >= 11 is 3.27. The van der Waals surface area contributed by atoms with Crippen molar-refractivity contribution in [3.63, 3.8) is 0 Å². The first kappa shape index (κ1) is 18.7. The monoisotopic (exact) mass is 444 g/mol. The SMILES string of the molecule is O=C(O)c1cc(S(=O)(=O)N2CCC(Oc3ccc(Br)cn3)C2)ccc1F. The summed E-state index contributed by atoms with van der Waals surface area (Å²) in [5.74, 6) is -2.13. The molecular weight excluding hydrogens is 431 g/mol. The average molecular weight is 445 g/mol. The van der Waals surface area contributed by atoms with Crippen LogP contribution in [0, 0.1) is 5.82 Å². The molecule has 0 spiro atoms. The first-order valence-electron chi connectivity index (χ1n) is 7.58. The topological polar surface area (TPSA) is 96.8 Å². The summed E-state index contributed by atoms with van der Waals surface area (Å²) in [5, 5.41) is 8.97. The summed E-state index contributed by atoms with van der Waals surface area (Å²) in [4.78, 5) is 14.8. The second-order valence-corrected chi connectivity index (χ2v) is 8.51. The van der Waals surface area contributed by atoms with Crippen LogP contribution in [-0.2, 0) is 10.0 Å². The number of carboxylic acids is 1. The summed E-state index contributed by atoms with van der Waals surface area (Å²) in [5.41, 5.74) is -0.683. The zero-order valence-electron chi connectivity index (χ0n) is 13.3. The van der Waals surface area contributed by atoms with Crippen LogP contribution in [0.3, 0.4) is 0 Å². The number of ether oxygens (including phenoxy) is 1. The summed E-state index contributed by atoms with van der Waals surface area (Å²) in [6, 6.07) is 6.16. The Labute approximate surface area is 157 Å². The van der Waals surface area contributed by atoms with Crippen LogP contribution in [0.2, 0.25) is 0 Å². The van der Waals surface area contributed by atoms with E-state index in [1.165, 1.54) is 4.31 Å². The maximum atomic E-state index is 13.5. The summed E-state index contributed by atoms with van der Waals surface area (Å²) in [6.07, 6.45) is 1.66. The van der Waals surface area contributed by atoms with E-state index in [0.717, 1.165) is 22.7 Å². The number of hydrogen-bond acceptors (Lipinski definition) is 5. The third-order valence-corrected chi connectivity index (χ3v) is 6.23. The van der Waals surface area contributed by atoms with Crippen molar-refractivity contribution in [2.24, 2.45) is 0 Å². The highest BCUT2D eigenvalue weighted by atomic mass is 79.9. The van der Waals surface area contributed by atoms with Crippen LogP contribution >= 0.6 is 15.9 Å². The van der Waals surface area contributed by atoms with Crippen molar-refractivity contribution in [1.29, 1.82) is 0 Å². The van der Waals surface area contributed by atoms with Gasteiger partial charge >= 0.3 is 5.97 Å². The minimum atomic E-state index is -3.95. The number of aromatic carboxylic acids is 1. The molecule has 10 heteroatoms. The molecule has 1 atom stereocenters. The van der Waals surface area contributed by atoms with Crippen molar-refractivity contribution in [1.82, 2.24) is 9.29 Å². The summed E-state index contributed by atoms with van der Waals surface area (Å²) < 4.78 is 46.6. The highest BCUT2D eigenvalue weighted by molar-refractivity contribution is 9.10. The predicted molar refractivity (Wildman–Crippen MR) is 93.1 cm³/mol. The molecule has 1 saturated heterocycles. The summed E-state index contributed by atoms with van der Waals surface area (Å²) in [6.45, 7) is 0.309. The van der Waals surface area contributed by atoms with E-state index in [9.17, 15) is 17.6 Å². The van der Waals surface area contributed by atoms with Gasteiger partial charge in [-0.2, -0.15) is 4.31 Å². The average Bonchev–Trinajstić information content (AvgIpc) is 3.06. The van der Waals surface area contributed by atoms with E-state index < -0.39 is 27.4 Å². The molecule has 26 heavy (non-hydrogen) atoms. The predicted octanol–water partition coefficient (Wildman–Crippen LogP) is 2.52. The molecular formula is C16H14BrFN2O5S. The van der Waals surface area contributed by atoms with Crippen molar-refractivity contribution in [2.75, 3.05) is 13.1 Å². The third-order valence-electron chi connectivity index (χ3n) is 3.90. The lowest BCUT2D eigenvalue weighted by molar-refractivity contribution is 0.0691. The van der Waals surface area contributed by atoms with Gasteiger partial charge in [0.15, 0.2) is 0 Å². The Balaban J connectivity index is 1.76. The van der Waals surface area contributed by atoms with Crippen molar-refractivity contribution < 1.29 is 27.4 Å². The highest BCUT2D eigenvalue weighted by Crippen LogP contribution is 2.25. The molecule has 1 aliphatic heterocycles. The molecule has 138 valence electrons. The van der Waals surface area contributed by atoms with Gasteiger partial charge in [0.05, 0.1) is 17.0 Å². The van der Waals surface area contributed by atoms with E-state index in [1.54, 1.807) is 18.3 Å². The minimum absolute atomic E-state index is 0.0971. The first-order valence-corrected chi connectivity index (χ1v) is 9.82. The lowest BCUT2D eigenvalue weighted by Crippen LogP contribution is -2.31. The zero-order chi connectivity index (χ0) is 18.9. The number of carbonyl (C=O) groups is 1. The standard InChI is InChI=1S/C16H14BrFN2O5S/c17-10-1-4-15(19-8-10)25-11-5-6-20(9-11)26(23,24)12-2-3-14(18)13(7-12)16(21)22/h1-4,7-8,11H,5-6,9H2,(H,21,22). The molecule has 2 heterocycles. The summed E-state index contributed by atoms with van der Waals surface area (Å²) in [7, 11) is -3.95. The molecule has 0 saturated carbocycles. The molecule has 3 rings (SSSR count). The molecule has 0 amide bonds. The second kappa shape index (κ2) is 7.29. The van der Waals surface area contributed by atoms with Gasteiger partial charge in [-0.25, -0.2) is 22.6 Å². The lowest BCUT2D eigenvalue weighted by Gasteiger charge is -2.17. The van der Waals surface area contributed by atoms with E-state index in [1.807, 2.05) is 0 Å². The van der Waals surface area contributed by atoms with Gasteiger partial charge in [0.25, 0.3) is 0 Å². The van der Waals surface area contributed by atoms with Crippen LogP contribution in [0.15, 0.2) is 45.9 Å². The molecule has 2 aromatic rings. The largest absolute Gasteiger partial charge is 0.478 e. The Morgan fingerprint density at radius 2 is 2.12 bits per heavy atom. The number of rotatable bonds is 5. The van der Waals surface area contributed by atoms with Crippen molar-refractivity contribution in [3.05, 3.63) is 52.4 Å². The second-order valence-electron chi connectivity index (χ2n) is 5.65. The van der Waals surface area contributed by atoms with Crippen LogP contribution in [-0.4, -0.2) is 48.0 Å². The van der Waals surface area contributed by atoms with Gasteiger partial charge < -0.3 is 9.84 Å². The number of sulfonamides is 1. The van der Waals surface area contributed by atoms with Crippen molar-refractivity contribution in [3.8, 4) is 5.88 Å². The van der Waals surface area contributed by atoms with E-state index in [2.05, 4.69) is 20.9 Å². The maximum Gasteiger partial charge on any atom is 0.338 e. The Kier molecular flexibility index (Phi) is 5.26. The number of nitrogens with zero attached hydrogens (tertiary/aromatic N) is 2. The number of aromatic nitrogens is 1. The quantitative estimate of drug-likeness (QED) is 0.760. The Bertz CT molecular complexity index is 936. The Morgan fingerprint density at radius 3 is 2.77 bits per heavy atom.